The van der Waals surface area contributed by atoms with Crippen molar-refractivity contribution in [1.29, 1.82) is 0 Å². The number of hydrogen-bond donors (Lipinski definition) is 2. The Morgan fingerprint density at radius 3 is 2.37 bits per heavy atom. The van der Waals surface area contributed by atoms with Crippen LogP contribution in [0.3, 0.4) is 0 Å². The second-order valence-corrected chi connectivity index (χ2v) is 5.99. The van der Waals surface area contributed by atoms with E-state index in [9.17, 15) is 0 Å². The first-order valence-corrected chi connectivity index (χ1v) is 6.91. The van der Waals surface area contributed by atoms with Crippen molar-refractivity contribution in [2.45, 2.75) is 26.3 Å². The second kappa shape index (κ2) is 5.88. The fraction of sp³-hybridized carbons (Fsp3) is 0.571. The lowest BCUT2D eigenvalue weighted by Gasteiger charge is -2.22. The van der Waals surface area contributed by atoms with Crippen molar-refractivity contribution in [1.82, 2.24) is 5.32 Å². The Kier molecular flexibility index (Phi) is 4.42. The van der Waals surface area contributed by atoms with E-state index in [1.807, 2.05) is 6.07 Å². The molecule has 0 aliphatic carbocycles. The van der Waals surface area contributed by atoms with Crippen molar-refractivity contribution >= 4 is 17.3 Å². The lowest BCUT2D eigenvalue weighted by molar-refractivity contribution is 0.171. The quantitative estimate of drug-likeness (QED) is 0.835. The van der Waals surface area contributed by atoms with E-state index in [-0.39, 0.29) is 5.54 Å². The third-order valence-electron chi connectivity index (χ3n) is 2.73. The molecule has 4 nitrogen and oxygen atoms in total. The molecule has 2 rings (SSSR count). The molecule has 0 fully saturated rings. The number of hydrogen-bond acceptors (Lipinski definition) is 4. The van der Waals surface area contributed by atoms with E-state index < -0.39 is 0 Å². The fourth-order valence-corrected chi connectivity index (χ4v) is 2.05. The number of ether oxygens (including phenoxy) is 2. The SMILES string of the molecule is CC(C)(C)NCCNc1cc2c(cc1Cl)OCCO2. The summed E-state index contributed by atoms with van der Waals surface area (Å²) in [5.74, 6) is 1.47. The molecular formula is C14H21ClN2O2. The molecule has 0 bridgehead atoms. The smallest absolute Gasteiger partial charge is 0.163 e. The summed E-state index contributed by atoms with van der Waals surface area (Å²) in [6.45, 7) is 9.26. The lowest BCUT2D eigenvalue weighted by atomic mass is 10.1. The predicted molar refractivity (Wildman–Crippen MR) is 78.7 cm³/mol. The first kappa shape index (κ1) is 14.3. The van der Waals surface area contributed by atoms with Gasteiger partial charge in [-0.3, -0.25) is 0 Å². The summed E-state index contributed by atoms with van der Waals surface area (Å²) in [4.78, 5) is 0. The number of halogens is 1. The average molecular weight is 285 g/mol. The molecule has 0 radical (unpaired) electrons. The molecule has 0 spiro atoms. The maximum absolute atomic E-state index is 6.21. The average Bonchev–Trinajstić information content (AvgIpc) is 2.33. The van der Waals surface area contributed by atoms with Gasteiger partial charge in [-0.15, -0.1) is 0 Å². The van der Waals surface area contributed by atoms with Crippen molar-refractivity contribution in [3.8, 4) is 11.5 Å². The minimum atomic E-state index is 0.123. The van der Waals surface area contributed by atoms with Gasteiger partial charge in [0.05, 0.1) is 10.7 Å². The van der Waals surface area contributed by atoms with Crippen LogP contribution in [0.4, 0.5) is 5.69 Å². The monoisotopic (exact) mass is 284 g/mol. The van der Waals surface area contributed by atoms with Crippen LogP contribution in [0.25, 0.3) is 0 Å². The molecule has 0 atom stereocenters. The van der Waals surface area contributed by atoms with E-state index in [0.717, 1.165) is 30.3 Å². The standard InChI is InChI=1S/C14H21ClN2O2/c1-14(2,3)17-5-4-16-11-9-13-12(8-10(11)15)18-6-7-19-13/h8-9,16-17H,4-7H2,1-3H3. The van der Waals surface area contributed by atoms with Crippen LogP contribution >= 0.6 is 11.6 Å². The van der Waals surface area contributed by atoms with E-state index in [0.29, 0.717) is 18.2 Å². The lowest BCUT2D eigenvalue weighted by Crippen LogP contribution is -2.38. The van der Waals surface area contributed by atoms with Crippen LogP contribution in [-0.2, 0) is 0 Å². The van der Waals surface area contributed by atoms with Crippen molar-refractivity contribution in [2.75, 3.05) is 31.6 Å². The van der Waals surface area contributed by atoms with Gasteiger partial charge in [0.15, 0.2) is 11.5 Å². The van der Waals surface area contributed by atoms with Crippen LogP contribution < -0.4 is 20.1 Å². The van der Waals surface area contributed by atoms with Gasteiger partial charge < -0.3 is 20.1 Å². The van der Waals surface area contributed by atoms with Gasteiger partial charge in [-0.05, 0) is 20.8 Å². The Hall–Kier alpha value is -1.13. The summed E-state index contributed by atoms with van der Waals surface area (Å²) in [6.07, 6.45) is 0. The van der Waals surface area contributed by atoms with Crippen molar-refractivity contribution in [3.05, 3.63) is 17.2 Å². The van der Waals surface area contributed by atoms with Crippen LogP contribution in [-0.4, -0.2) is 31.8 Å². The Morgan fingerprint density at radius 2 is 1.74 bits per heavy atom. The zero-order valence-corrected chi connectivity index (χ0v) is 12.4. The fourth-order valence-electron chi connectivity index (χ4n) is 1.83. The maximum Gasteiger partial charge on any atom is 0.163 e. The van der Waals surface area contributed by atoms with Gasteiger partial charge in [-0.1, -0.05) is 11.6 Å². The molecule has 106 valence electrons. The molecule has 1 aromatic carbocycles. The molecule has 1 heterocycles. The third kappa shape index (κ3) is 4.18. The molecule has 1 aliphatic rings. The van der Waals surface area contributed by atoms with Gasteiger partial charge in [-0.25, -0.2) is 0 Å². The first-order valence-electron chi connectivity index (χ1n) is 6.54. The number of nitrogens with one attached hydrogen (secondary N) is 2. The second-order valence-electron chi connectivity index (χ2n) is 5.58. The number of anilines is 1. The van der Waals surface area contributed by atoms with Gasteiger partial charge >= 0.3 is 0 Å². The Labute approximate surface area is 119 Å². The van der Waals surface area contributed by atoms with Crippen LogP contribution in [0.1, 0.15) is 20.8 Å². The summed E-state index contributed by atoms with van der Waals surface area (Å²) >= 11 is 6.21. The van der Waals surface area contributed by atoms with Crippen LogP contribution in [0.15, 0.2) is 12.1 Å². The van der Waals surface area contributed by atoms with Gasteiger partial charge in [0.1, 0.15) is 13.2 Å². The Bertz CT molecular complexity index is 444. The van der Waals surface area contributed by atoms with E-state index >= 15 is 0 Å². The molecule has 0 saturated heterocycles. The zero-order chi connectivity index (χ0) is 13.9. The summed E-state index contributed by atoms with van der Waals surface area (Å²) in [5.41, 5.74) is 1.000. The molecular weight excluding hydrogens is 264 g/mol. The molecule has 0 aromatic heterocycles. The number of benzene rings is 1. The van der Waals surface area contributed by atoms with Crippen LogP contribution in [0.2, 0.25) is 5.02 Å². The highest BCUT2D eigenvalue weighted by atomic mass is 35.5. The number of rotatable bonds is 4. The summed E-state index contributed by atoms with van der Waals surface area (Å²) in [7, 11) is 0. The number of fused-ring (bicyclic) bond motifs is 1. The topological polar surface area (TPSA) is 42.5 Å². The highest BCUT2D eigenvalue weighted by Crippen LogP contribution is 2.37. The molecule has 1 aromatic rings. The normalized spacial score (nSPS) is 14.3. The van der Waals surface area contributed by atoms with Gasteiger partial charge in [0.25, 0.3) is 0 Å². The molecule has 0 amide bonds. The third-order valence-corrected chi connectivity index (χ3v) is 3.04. The minimum absolute atomic E-state index is 0.123. The van der Waals surface area contributed by atoms with Crippen molar-refractivity contribution < 1.29 is 9.47 Å². The summed E-state index contributed by atoms with van der Waals surface area (Å²) in [5, 5.41) is 7.37. The van der Waals surface area contributed by atoms with Crippen molar-refractivity contribution in [3.63, 3.8) is 0 Å². The van der Waals surface area contributed by atoms with E-state index in [2.05, 4.69) is 31.4 Å². The van der Waals surface area contributed by atoms with Gasteiger partial charge in [0, 0.05) is 30.8 Å². The molecule has 0 saturated carbocycles. The Morgan fingerprint density at radius 1 is 1.11 bits per heavy atom. The zero-order valence-electron chi connectivity index (χ0n) is 11.7. The van der Waals surface area contributed by atoms with Gasteiger partial charge in [-0.2, -0.15) is 0 Å². The largest absolute Gasteiger partial charge is 0.486 e. The molecule has 0 unspecified atom stereocenters. The minimum Gasteiger partial charge on any atom is -0.486 e. The van der Waals surface area contributed by atoms with Gasteiger partial charge in [0.2, 0.25) is 0 Å². The molecule has 19 heavy (non-hydrogen) atoms. The molecule has 2 N–H and O–H groups in total. The highest BCUT2D eigenvalue weighted by Gasteiger charge is 2.15. The summed E-state index contributed by atoms with van der Waals surface area (Å²) in [6, 6.07) is 3.70. The van der Waals surface area contributed by atoms with E-state index in [1.54, 1.807) is 6.07 Å². The van der Waals surface area contributed by atoms with Crippen LogP contribution in [0, 0.1) is 0 Å². The molecule has 1 aliphatic heterocycles. The van der Waals surface area contributed by atoms with E-state index in [4.69, 9.17) is 21.1 Å². The first-order chi connectivity index (χ1) is 8.96. The van der Waals surface area contributed by atoms with Crippen LogP contribution in [0.5, 0.6) is 11.5 Å². The maximum atomic E-state index is 6.21. The van der Waals surface area contributed by atoms with E-state index in [1.165, 1.54) is 0 Å². The predicted octanol–water partition coefficient (Wildman–Crippen LogP) is 2.91. The Balaban J connectivity index is 1.93. The summed E-state index contributed by atoms with van der Waals surface area (Å²) < 4.78 is 11.0. The van der Waals surface area contributed by atoms with Crippen molar-refractivity contribution in [2.24, 2.45) is 0 Å². The molecule has 5 heteroatoms. The highest BCUT2D eigenvalue weighted by molar-refractivity contribution is 6.33.